The highest BCUT2D eigenvalue weighted by atomic mass is 16.2. The summed E-state index contributed by atoms with van der Waals surface area (Å²) in [6.45, 7) is 19.6. The average molecular weight is 733 g/mol. The molecule has 0 radical (unpaired) electrons. The highest BCUT2D eigenvalue weighted by Crippen LogP contribution is 2.38. The monoisotopic (exact) mass is 732 g/mol. The van der Waals surface area contributed by atoms with Crippen LogP contribution in [0.2, 0.25) is 0 Å². The molecule has 5 rings (SSSR count). The van der Waals surface area contributed by atoms with E-state index in [-0.39, 0.29) is 11.8 Å². The molecule has 8 bridgehead atoms. The zero-order valence-electron chi connectivity index (χ0n) is 34.1. The molecule has 10 heteroatoms. The second-order valence-corrected chi connectivity index (χ2v) is 16.7. The largest absolute Gasteiger partial charge is 0.355 e. The van der Waals surface area contributed by atoms with Gasteiger partial charge in [0.1, 0.15) is 0 Å². The van der Waals surface area contributed by atoms with Crippen LogP contribution in [0.15, 0.2) is 37.4 Å². The lowest BCUT2D eigenvalue weighted by Gasteiger charge is -2.23. The standard InChI is InChI=1S/C44H58N8O2/c1-13-31-27(3)35-23-36-29(5)33(15-17-43(53)45-19-21-51(7,8)9)41(49-36)26-42-34(16-18-44(54)46-20-22-52(10,11)12)30(6)38(50-42)25-40-32(14-2)28(4)37(48-40)24-39(31)47-35/h13-14,23-26H,1-2,15-22H2,3-12H3,(H2-2,45,46,47,48,49,50,53,54)/p+2. The van der Waals surface area contributed by atoms with E-state index in [9.17, 15) is 9.59 Å². The number of carbonyl (C=O) groups is 2. The van der Waals surface area contributed by atoms with Gasteiger partial charge in [-0.3, -0.25) is 9.59 Å². The number of nitrogens with zero attached hydrogens (tertiary/aromatic N) is 4. The van der Waals surface area contributed by atoms with Crippen molar-refractivity contribution in [3.8, 4) is 0 Å². The van der Waals surface area contributed by atoms with Crippen molar-refractivity contribution >= 4 is 68.3 Å². The van der Waals surface area contributed by atoms with Crippen LogP contribution >= 0.6 is 0 Å². The minimum Gasteiger partial charge on any atom is -0.355 e. The van der Waals surface area contributed by atoms with Crippen LogP contribution in [0.25, 0.3) is 56.5 Å². The topological polar surface area (TPSA) is 116 Å². The first-order chi connectivity index (χ1) is 25.4. The molecule has 4 N–H and O–H groups in total. The molecule has 0 aliphatic carbocycles. The molecule has 2 aliphatic rings. The number of fused-ring (bicyclic) bond motifs is 8. The van der Waals surface area contributed by atoms with Gasteiger partial charge in [-0.15, -0.1) is 0 Å². The van der Waals surface area contributed by atoms with E-state index >= 15 is 0 Å². The molecular formula is C44H60N8O2+2. The normalized spacial score (nSPS) is 13.4. The molecule has 0 saturated heterocycles. The Morgan fingerprint density at radius 1 is 0.611 bits per heavy atom. The van der Waals surface area contributed by atoms with Crippen molar-refractivity contribution in [3.63, 3.8) is 0 Å². The van der Waals surface area contributed by atoms with Gasteiger partial charge in [0.05, 0.1) is 91.2 Å². The summed E-state index contributed by atoms with van der Waals surface area (Å²) in [5.74, 6) is 0.0353. The number of aromatic amines is 2. The fourth-order valence-electron chi connectivity index (χ4n) is 7.02. The van der Waals surface area contributed by atoms with Crippen molar-refractivity contribution in [2.75, 3.05) is 68.5 Å². The molecule has 0 spiro atoms. The molecule has 10 nitrogen and oxygen atoms in total. The van der Waals surface area contributed by atoms with Crippen LogP contribution in [-0.4, -0.2) is 109 Å². The number of quaternary nitrogens is 2. The number of H-pyrrole nitrogens is 2. The van der Waals surface area contributed by atoms with Crippen molar-refractivity contribution in [1.29, 1.82) is 0 Å². The Hall–Kier alpha value is -5.06. The van der Waals surface area contributed by atoms with Crippen LogP contribution in [0.1, 0.15) is 84.6 Å². The SMILES string of the molecule is C=Cc1c(C)c2cc3[nH]c(cc4nc(cc5nc(cc1[nH]2)C(C)=C5CCC(=O)NCC[N+](C)(C)C)C(CCC(=O)NCC[N+](C)(C)C)=C4C)c(C)c3C=C. The van der Waals surface area contributed by atoms with Gasteiger partial charge in [-0.1, -0.05) is 25.3 Å². The predicted molar refractivity (Wildman–Crippen MR) is 226 cm³/mol. The van der Waals surface area contributed by atoms with Gasteiger partial charge in [-0.05, 0) is 98.2 Å². The van der Waals surface area contributed by atoms with Crippen LogP contribution in [0.4, 0.5) is 0 Å². The van der Waals surface area contributed by atoms with Crippen LogP contribution in [0.5, 0.6) is 0 Å². The lowest BCUT2D eigenvalue weighted by Crippen LogP contribution is -2.41. The summed E-state index contributed by atoms with van der Waals surface area (Å²) in [6, 6.07) is 8.34. The summed E-state index contributed by atoms with van der Waals surface area (Å²) in [5.41, 5.74) is 15.2. The minimum absolute atomic E-state index is 0.0172. The summed E-state index contributed by atoms with van der Waals surface area (Å²) >= 11 is 0. The molecule has 54 heavy (non-hydrogen) atoms. The number of rotatable bonds is 14. The van der Waals surface area contributed by atoms with Crippen molar-refractivity contribution in [2.24, 2.45) is 0 Å². The molecule has 286 valence electrons. The van der Waals surface area contributed by atoms with E-state index in [0.717, 1.165) is 111 Å². The van der Waals surface area contributed by atoms with Gasteiger partial charge in [0.25, 0.3) is 0 Å². The van der Waals surface area contributed by atoms with Gasteiger partial charge in [0, 0.05) is 46.0 Å². The highest BCUT2D eigenvalue weighted by Gasteiger charge is 2.23. The van der Waals surface area contributed by atoms with E-state index in [1.165, 1.54) is 0 Å². The highest BCUT2D eigenvalue weighted by molar-refractivity contribution is 5.97. The van der Waals surface area contributed by atoms with Crippen molar-refractivity contribution < 1.29 is 18.6 Å². The zero-order chi connectivity index (χ0) is 39.5. The maximum absolute atomic E-state index is 13.1. The van der Waals surface area contributed by atoms with Crippen molar-refractivity contribution in [1.82, 2.24) is 30.6 Å². The third-order valence-electron chi connectivity index (χ3n) is 10.5. The predicted octanol–water partition coefficient (Wildman–Crippen LogP) is 7.28. The Morgan fingerprint density at radius 2 is 1.00 bits per heavy atom. The lowest BCUT2D eigenvalue weighted by atomic mass is 9.98. The number of nitrogens with one attached hydrogen (secondary N) is 4. The molecule has 0 aromatic carbocycles. The Bertz CT molecular complexity index is 2220. The summed E-state index contributed by atoms with van der Waals surface area (Å²) in [5, 5.41) is 6.20. The molecule has 0 unspecified atom stereocenters. The van der Waals surface area contributed by atoms with Crippen LogP contribution in [0.3, 0.4) is 0 Å². The molecule has 3 aromatic heterocycles. The number of allylic oxidation sites excluding steroid dienone is 4. The van der Waals surface area contributed by atoms with E-state index in [0.29, 0.717) is 38.8 Å². The average Bonchev–Trinajstić information content (AvgIpc) is 3.74. The van der Waals surface area contributed by atoms with E-state index < -0.39 is 0 Å². The Labute approximate surface area is 321 Å². The number of likely N-dealkylation sites (N-methyl/N-ethyl adjacent to an activating group) is 2. The van der Waals surface area contributed by atoms with E-state index in [1.807, 2.05) is 18.2 Å². The van der Waals surface area contributed by atoms with Gasteiger partial charge >= 0.3 is 0 Å². The molecule has 0 fully saturated rings. The first-order valence-electron chi connectivity index (χ1n) is 18.9. The Balaban J connectivity index is 1.67. The molecule has 5 heterocycles. The number of hydrogen-bond acceptors (Lipinski definition) is 4. The second kappa shape index (κ2) is 16.1. The third kappa shape index (κ3) is 9.35. The minimum atomic E-state index is 0.0172. The maximum atomic E-state index is 13.1. The van der Waals surface area contributed by atoms with Gasteiger partial charge in [0.15, 0.2) is 0 Å². The smallest absolute Gasteiger partial charge is 0.220 e. The van der Waals surface area contributed by atoms with E-state index in [2.05, 4.69) is 122 Å². The number of amides is 2. The zero-order valence-corrected chi connectivity index (χ0v) is 34.1. The second-order valence-electron chi connectivity index (χ2n) is 16.7. The number of aryl methyl sites for hydroxylation is 2. The summed E-state index contributed by atoms with van der Waals surface area (Å²) in [6.07, 6.45) is 5.52. The Kier molecular flexibility index (Phi) is 12.0. The van der Waals surface area contributed by atoms with Gasteiger partial charge < -0.3 is 29.6 Å². The molecule has 2 aliphatic heterocycles. The lowest BCUT2D eigenvalue weighted by molar-refractivity contribution is -0.869. The number of carbonyl (C=O) groups excluding carboxylic acids is 2. The Morgan fingerprint density at radius 3 is 1.41 bits per heavy atom. The first-order valence-corrected chi connectivity index (χ1v) is 18.9. The summed E-state index contributed by atoms with van der Waals surface area (Å²) in [4.78, 5) is 43.8. The third-order valence-corrected chi connectivity index (χ3v) is 10.5. The van der Waals surface area contributed by atoms with E-state index in [4.69, 9.17) is 9.97 Å². The molecule has 3 aromatic rings. The fraction of sp³-hybridized carbons (Fsp3) is 0.409. The van der Waals surface area contributed by atoms with Gasteiger partial charge in [-0.25, -0.2) is 9.97 Å². The molecule has 2 amide bonds. The molecule has 0 saturated carbocycles. The maximum Gasteiger partial charge on any atom is 0.220 e. The fourth-order valence-corrected chi connectivity index (χ4v) is 7.02. The van der Waals surface area contributed by atoms with Crippen LogP contribution in [0, 0.1) is 13.8 Å². The molecular weight excluding hydrogens is 673 g/mol. The number of aromatic nitrogens is 4. The van der Waals surface area contributed by atoms with Gasteiger partial charge in [-0.2, -0.15) is 0 Å². The van der Waals surface area contributed by atoms with Crippen molar-refractivity contribution in [3.05, 3.63) is 82.5 Å². The van der Waals surface area contributed by atoms with Gasteiger partial charge in [0.2, 0.25) is 11.8 Å². The number of hydrogen-bond donors (Lipinski definition) is 4. The summed E-state index contributed by atoms with van der Waals surface area (Å²) in [7, 11) is 12.7. The van der Waals surface area contributed by atoms with E-state index in [1.54, 1.807) is 0 Å². The van der Waals surface area contributed by atoms with Crippen LogP contribution < -0.4 is 10.6 Å². The quantitative estimate of drug-likeness (QED) is 0.130. The van der Waals surface area contributed by atoms with Crippen LogP contribution in [-0.2, 0) is 9.59 Å². The first kappa shape index (κ1) is 40.1. The summed E-state index contributed by atoms with van der Waals surface area (Å²) < 4.78 is 1.56. The molecule has 0 atom stereocenters. The van der Waals surface area contributed by atoms with Crippen molar-refractivity contribution in [2.45, 2.75) is 53.4 Å².